The Kier molecular flexibility index (Phi) is 9.84. The highest BCUT2D eigenvalue weighted by molar-refractivity contribution is 6.39. The van der Waals surface area contributed by atoms with Crippen LogP contribution in [0.25, 0.3) is 5.76 Å². The normalized spacial score (nSPS) is 11.0. The van der Waals surface area contributed by atoms with Gasteiger partial charge in [-0.25, -0.2) is 4.79 Å². The molecule has 0 radical (unpaired) electrons. The number of ether oxygens (including phenoxy) is 2. The van der Waals surface area contributed by atoms with Crippen molar-refractivity contribution < 1.29 is 34.1 Å². The van der Waals surface area contributed by atoms with Crippen LogP contribution < -0.4 is 10.1 Å². The fraction of sp³-hybridized carbons (Fsp3) is 0.207. The number of ketones is 1. The minimum absolute atomic E-state index is 0.00774. The predicted octanol–water partition coefficient (Wildman–Crippen LogP) is 5.08. The van der Waals surface area contributed by atoms with Crippen molar-refractivity contribution >= 4 is 29.1 Å². The summed E-state index contributed by atoms with van der Waals surface area (Å²) in [6.07, 6.45) is 3.56. The number of aryl methyl sites for hydroxylation is 1. The summed E-state index contributed by atoms with van der Waals surface area (Å²) in [6, 6.07) is 21.1. The summed E-state index contributed by atoms with van der Waals surface area (Å²) in [7, 11) is 0. The van der Waals surface area contributed by atoms with Crippen molar-refractivity contribution in [1.82, 2.24) is 0 Å². The number of carbonyl (C=O) groups excluding carboxylic acids is 3. The summed E-state index contributed by atoms with van der Waals surface area (Å²) in [5, 5.41) is 23.3. The van der Waals surface area contributed by atoms with Crippen LogP contribution in [0.4, 0.5) is 5.69 Å². The predicted molar refractivity (Wildman–Crippen MR) is 140 cm³/mol. The van der Waals surface area contributed by atoms with Crippen LogP contribution >= 0.6 is 0 Å². The number of aliphatic hydroxyl groups excluding tert-OH is 1. The number of aliphatic hydroxyl groups is 1. The quantitative estimate of drug-likeness (QED) is 0.0787. The molecule has 192 valence electrons. The molecule has 3 N–H and O–H groups in total. The lowest BCUT2D eigenvalue weighted by molar-refractivity contribution is -0.151. The number of amides is 1. The van der Waals surface area contributed by atoms with Gasteiger partial charge in [0, 0.05) is 11.6 Å². The molecule has 0 heterocycles. The highest BCUT2D eigenvalue weighted by Crippen LogP contribution is 2.32. The second-order valence-electron chi connectivity index (χ2n) is 8.09. The molecule has 0 aliphatic heterocycles. The van der Waals surface area contributed by atoms with E-state index < -0.39 is 29.2 Å². The average Bonchev–Trinajstić information content (AvgIpc) is 2.90. The fourth-order valence-corrected chi connectivity index (χ4v) is 3.48. The van der Waals surface area contributed by atoms with Crippen LogP contribution in [0.15, 0.2) is 78.9 Å². The number of benzene rings is 3. The Balaban J connectivity index is 1.55. The Labute approximate surface area is 215 Å². The average molecular weight is 504 g/mol. The van der Waals surface area contributed by atoms with Crippen molar-refractivity contribution in [2.24, 2.45) is 0 Å². The molecule has 0 fully saturated rings. The largest absolute Gasteiger partial charge is 0.507 e. The Morgan fingerprint density at radius 2 is 1.65 bits per heavy atom. The van der Waals surface area contributed by atoms with E-state index in [1.165, 1.54) is 23.8 Å². The molecule has 0 bridgehead atoms. The van der Waals surface area contributed by atoms with E-state index in [-0.39, 0.29) is 17.9 Å². The van der Waals surface area contributed by atoms with E-state index in [4.69, 9.17) is 4.74 Å². The van der Waals surface area contributed by atoms with Crippen molar-refractivity contribution in [1.29, 1.82) is 0 Å². The third-order valence-electron chi connectivity index (χ3n) is 5.39. The Hall–Kier alpha value is -4.59. The summed E-state index contributed by atoms with van der Waals surface area (Å²) in [5.41, 5.74) is 1.51. The molecule has 0 saturated heterocycles. The van der Waals surface area contributed by atoms with Crippen LogP contribution in [-0.2, 0) is 20.7 Å². The molecule has 0 atom stereocenters. The number of hydrogen-bond acceptors (Lipinski definition) is 7. The van der Waals surface area contributed by atoms with E-state index in [2.05, 4.69) is 22.2 Å². The number of unbranched alkanes of at least 4 members (excludes halogenated alkanes) is 1. The lowest BCUT2D eigenvalue weighted by atomic mass is 10.1. The zero-order chi connectivity index (χ0) is 26.6. The number of phenols is 1. The van der Waals surface area contributed by atoms with Gasteiger partial charge in [-0.1, -0.05) is 36.4 Å². The lowest BCUT2D eigenvalue weighted by Crippen LogP contribution is -2.15. The lowest BCUT2D eigenvalue weighted by Gasteiger charge is -2.11. The number of aromatic hydroxyl groups is 1. The fourth-order valence-electron chi connectivity index (χ4n) is 3.48. The molecule has 3 aromatic rings. The van der Waals surface area contributed by atoms with Gasteiger partial charge in [-0.2, -0.15) is 0 Å². The van der Waals surface area contributed by atoms with Gasteiger partial charge >= 0.3 is 5.97 Å². The summed E-state index contributed by atoms with van der Waals surface area (Å²) < 4.78 is 10.3. The SMILES string of the molecule is CCOC(=O)C(=O)/C=C(/O)c1cccc(NC(=O)c2ccc(OCCCCc3ccccc3)cc2)c1O. The standard InChI is InChI=1S/C29H29NO7/c1-2-36-29(35)26(32)19-25(31)23-12-8-13-24(27(23)33)30-28(34)21-14-16-22(17-15-21)37-18-7-6-11-20-9-4-3-5-10-20/h3-5,8-10,12-17,19,31,33H,2,6-7,11,18H2,1H3,(H,30,34)/b25-19+. The third-order valence-corrected chi connectivity index (χ3v) is 5.39. The smallest absolute Gasteiger partial charge is 0.379 e. The zero-order valence-corrected chi connectivity index (χ0v) is 20.5. The highest BCUT2D eigenvalue weighted by atomic mass is 16.5. The first kappa shape index (κ1) is 27.0. The molecule has 37 heavy (non-hydrogen) atoms. The summed E-state index contributed by atoms with van der Waals surface area (Å²) in [5.74, 6) is -3.16. The zero-order valence-electron chi connectivity index (χ0n) is 20.5. The third kappa shape index (κ3) is 7.96. The van der Waals surface area contributed by atoms with Gasteiger partial charge in [-0.15, -0.1) is 0 Å². The van der Waals surface area contributed by atoms with Gasteiger partial charge in [0.2, 0.25) is 0 Å². The molecule has 3 rings (SSSR count). The van der Waals surface area contributed by atoms with Crippen LogP contribution in [0.2, 0.25) is 0 Å². The molecule has 8 nitrogen and oxygen atoms in total. The van der Waals surface area contributed by atoms with Crippen LogP contribution in [0.1, 0.15) is 41.3 Å². The molecule has 0 saturated carbocycles. The van der Waals surface area contributed by atoms with Gasteiger partial charge in [-0.3, -0.25) is 9.59 Å². The van der Waals surface area contributed by atoms with Crippen LogP contribution in [0.5, 0.6) is 11.5 Å². The first-order valence-corrected chi connectivity index (χ1v) is 11.9. The number of esters is 1. The van der Waals surface area contributed by atoms with E-state index >= 15 is 0 Å². The van der Waals surface area contributed by atoms with Gasteiger partial charge < -0.3 is 25.0 Å². The maximum absolute atomic E-state index is 12.7. The summed E-state index contributed by atoms with van der Waals surface area (Å²) in [6.45, 7) is 2.12. The number of hydrogen-bond donors (Lipinski definition) is 3. The van der Waals surface area contributed by atoms with Crippen molar-refractivity contribution in [3.63, 3.8) is 0 Å². The molecule has 8 heteroatoms. The molecule has 0 unspecified atom stereocenters. The van der Waals surface area contributed by atoms with E-state index in [1.54, 1.807) is 31.2 Å². The number of carbonyl (C=O) groups is 3. The highest BCUT2D eigenvalue weighted by Gasteiger charge is 2.18. The number of phenolic OH excluding ortho intramolecular Hbond substituents is 1. The van der Waals surface area contributed by atoms with Crippen LogP contribution in [0, 0.1) is 0 Å². The maximum Gasteiger partial charge on any atom is 0.379 e. The van der Waals surface area contributed by atoms with Crippen molar-refractivity contribution in [3.05, 3.63) is 95.6 Å². The minimum Gasteiger partial charge on any atom is -0.507 e. The second kappa shape index (κ2) is 13.5. The maximum atomic E-state index is 12.7. The molecule has 3 aromatic carbocycles. The van der Waals surface area contributed by atoms with E-state index in [9.17, 15) is 24.6 Å². The minimum atomic E-state index is -1.13. The van der Waals surface area contributed by atoms with Crippen molar-refractivity contribution in [3.8, 4) is 11.5 Å². The molecule has 0 aromatic heterocycles. The number of anilines is 1. The first-order valence-electron chi connectivity index (χ1n) is 11.9. The van der Waals surface area contributed by atoms with E-state index in [1.807, 2.05) is 18.2 Å². The molecular formula is C29H29NO7. The topological polar surface area (TPSA) is 122 Å². The van der Waals surface area contributed by atoms with E-state index in [0.29, 0.717) is 24.0 Å². The Bertz CT molecular complexity index is 1250. The molecule has 1 amide bonds. The van der Waals surface area contributed by atoms with Crippen molar-refractivity contribution in [2.45, 2.75) is 26.2 Å². The Morgan fingerprint density at radius 1 is 0.919 bits per heavy atom. The van der Waals surface area contributed by atoms with Gasteiger partial charge in [0.15, 0.2) is 0 Å². The van der Waals surface area contributed by atoms with Crippen molar-refractivity contribution in [2.75, 3.05) is 18.5 Å². The van der Waals surface area contributed by atoms with Gasteiger partial charge in [-0.05, 0) is 68.1 Å². The van der Waals surface area contributed by atoms with Crippen LogP contribution in [-0.4, -0.2) is 41.1 Å². The molecule has 0 aliphatic rings. The number of para-hydroxylation sites is 1. The van der Waals surface area contributed by atoms with E-state index in [0.717, 1.165) is 19.3 Å². The second-order valence-corrected chi connectivity index (χ2v) is 8.09. The summed E-state index contributed by atoms with van der Waals surface area (Å²) >= 11 is 0. The Morgan fingerprint density at radius 3 is 2.35 bits per heavy atom. The van der Waals surface area contributed by atoms with Gasteiger partial charge in [0.25, 0.3) is 11.7 Å². The monoisotopic (exact) mass is 503 g/mol. The number of rotatable bonds is 12. The molecular weight excluding hydrogens is 474 g/mol. The van der Waals surface area contributed by atoms with Gasteiger partial charge in [0.05, 0.1) is 24.5 Å². The van der Waals surface area contributed by atoms with Crippen LogP contribution in [0.3, 0.4) is 0 Å². The molecule has 0 aliphatic carbocycles. The number of nitrogens with one attached hydrogen (secondary N) is 1. The summed E-state index contributed by atoms with van der Waals surface area (Å²) in [4.78, 5) is 35.9. The first-order chi connectivity index (χ1) is 17.9. The van der Waals surface area contributed by atoms with Gasteiger partial charge in [0.1, 0.15) is 17.3 Å². The molecule has 0 spiro atoms.